The van der Waals surface area contributed by atoms with Crippen molar-refractivity contribution in [3.8, 4) is 0 Å². The zero-order valence-corrected chi connectivity index (χ0v) is 12.2. The lowest BCUT2D eigenvalue weighted by molar-refractivity contribution is 0.168. The first-order valence-electron chi connectivity index (χ1n) is 6.28. The van der Waals surface area contributed by atoms with Crippen LogP contribution in [0.5, 0.6) is 0 Å². The Balaban J connectivity index is 2.02. The third-order valence-corrected chi connectivity index (χ3v) is 2.98. The van der Waals surface area contributed by atoms with Crippen LogP contribution in [0, 0.1) is 0 Å². The average molecular weight is 307 g/mol. The number of hydrogen-bond acceptors (Lipinski definition) is 4. The third kappa shape index (κ3) is 4.70. The van der Waals surface area contributed by atoms with Crippen LogP contribution in [-0.2, 0) is 4.74 Å². The molecule has 0 fully saturated rings. The summed E-state index contributed by atoms with van der Waals surface area (Å²) in [4.78, 5) is 12.0. The van der Waals surface area contributed by atoms with Crippen molar-refractivity contribution in [2.45, 2.75) is 6.04 Å². The molecule has 0 saturated carbocycles. The van der Waals surface area contributed by atoms with E-state index in [0.717, 1.165) is 5.56 Å². The molecule has 0 unspecified atom stereocenters. The van der Waals surface area contributed by atoms with Crippen molar-refractivity contribution >= 4 is 23.4 Å². The van der Waals surface area contributed by atoms with Gasteiger partial charge in [0.05, 0.1) is 12.6 Å². The predicted molar refractivity (Wildman–Crippen MR) is 80.3 cm³/mol. The Morgan fingerprint density at radius 2 is 2.10 bits per heavy atom. The second-order valence-corrected chi connectivity index (χ2v) is 4.70. The van der Waals surface area contributed by atoms with E-state index in [4.69, 9.17) is 16.3 Å². The molecule has 0 radical (unpaired) electrons. The molecule has 0 bridgehead atoms. The van der Waals surface area contributed by atoms with Gasteiger partial charge in [-0.05, 0) is 29.8 Å². The zero-order chi connectivity index (χ0) is 15.1. The highest BCUT2D eigenvalue weighted by Gasteiger charge is 2.14. The number of anilines is 1. The number of carbonyl (C=O) groups is 1. The molecule has 2 rings (SSSR count). The summed E-state index contributed by atoms with van der Waals surface area (Å²) >= 11 is 5.86. The van der Waals surface area contributed by atoms with Crippen LogP contribution in [0.1, 0.15) is 11.6 Å². The molecule has 21 heavy (non-hydrogen) atoms. The van der Waals surface area contributed by atoms with Crippen LogP contribution >= 0.6 is 11.6 Å². The molecule has 7 heteroatoms. The molecule has 110 valence electrons. The SMILES string of the molecule is COC[C@@H](NC(=O)Nc1cccnn1)c1ccc(Cl)cc1. The van der Waals surface area contributed by atoms with Crippen LogP contribution in [-0.4, -0.2) is 29.9 Å². The first-order chi connectivity index (χ1) is 10.2. The maximum absolute atomic E-state index is 12.0. The molecule has 0 aliphatic rings. The Kier molecular flexibility index (Phi) is 5.48. The fourth-order valence-corrected chi connectivity index (χ4v) is 1.89. The number of nitrogens with one attached hydrogen (secondary N) is 2. The molecule has 1 aromatic carbocycles. The smallest absolute Gasteiger partial charge is 0.321 e. The molecule has 6 nitrogen and oxygen atoms in total. The van der Waals surface area contributed by atoms with E-state index in [1.807, 2.05) is 12.1 Å². The highest BCUT2D eigenvalue weighted by molar-refractivity contribution is 6.30. The van der Waals surface area contributed by atoms with Crippen molar-refractivity contribution < 1.29 is 9.53 Å². The standard InChI is InChI=1S/C14H15ClN4O2/c1-21-9-12(10-4-6-11(15)7-5-10)17-14(20)18-13-3-2-8-16-19-13/h2-8,12H,9H2,1H3,(H2,17,18,19,20)/t12-/m1/s1. The lowest BCUT2D eigenvalue weighted by Crippen LogP contribution is -2.35. The third-order valence-electron chi connectivity index (χ3n) is 2.72. The van der Waals surface area contributed by atoms with Crippen molar-refractivity contribution in [3.63, 3.8) is 0 Å². The van der Waals surface area contributed by atoms with E-state index in [1.165, 1.54) is 6.20 Å². The monoisotopic (exact) mass is 306 g/mol. The van der Waals surface area contributed by atoms with Gasteiger partial charge in [-0.1, -0.05) is 23.7 Å². The summed E-state index contributed by atoms with van der Waals surface area (Å²) < 4.78 is 5.14. The molecule has 0 aliphatic heterocycles. The van der Waals surface area contributed by atoms with Crippen molar-refractivity contribution in [1.82, 2.24) is 15.5 Å². The Bertz CT molecular complexity index is 577. The largest absolute Gasteiger partial charge is 0.382 e. The number of amides is 2. The second-order valence-electron chi connectivity index (χ2n) is 4.27. The number of hydrogen-bond donors (Lipinski definition) is 2. The lowest BCUT2D eigenvalue weighted by atomic mass is 10.1. The van der Waals surface area contributed by atoms with Crippen molar-refractivity contribution in [1.29, 1.82) is 0 Å². The molecule has 0 spiro atoms. The van der Waals surface area contributed by atoms with E-state index in [1.54, 1.807) is 31.4 Å². The maximum atomic E-state index is 12.0. The van der Waals surface area contributed by atoms with Gasteiger partial charge >= 0.3 is 6.03 Å². The Morgan fingerprint density at radius 1 is 1.33 bits per heavy atom. The van der Waals surface area contributed by atoms with Crippen LogP contribution in [0.3, 0.4) is 0 Å². The topological polar surface area (TPSA) is 76.1 Å². The minimum Gasteiger partial charge on any atom is -0.382 e. The molecule has 2 aromatic rings. The number of urea groups is 1. The number of carbonyl (C=O) groups excluding carboxylic acids is 1. The second kappa shape index (κ2) is 7.56. The van der Waals surface area contributed by atoms with E-state index in [9.17, 15) is 4.79 Å². The average Bonchev–Trinajstić information content (AvgIpc) is 2.48. The summed E-state index contributed by atoms with van der Waals surface area (Å²) in [5, 5.41) is 13.5. The molecular formula is C14H15ClN4O2. The van der Waals surface area contributed by atoms with Crippen molar-refractivity contribution in [3.05, 3.63) is 53.2 Å². The minimum atomic E-state index is -0.382. The van der Waals surface area contributed by atoms with Gasteiger partial charge in [0, 0.05) is 18.3 Å². The van der Waals surface area contributed by atoms with Gasteiger partial charge in [-0.25, -0.2) is 4.79 Å². The maximum Gasteiger partial charge on any atom is 0.321 e. The quantitative estimate of drug-likeness (QED) is 0.890. The van der Waals surface area contributed by atoms with Gasteiger partial charge in [-0.3, -0.25) is 5.32 Å². The summed E-state index contributed by atoms with van der Waals surface area (Å²) in [6.07, 6.45) is 1.53. The normalized spacial score (nSPS) is 11.7. The highest BCUT2D eigenvalue weighted by Crippen LogP contribution is 2.17. The van der Waals surface area contributed by atoms with Crippen molar-refractivity contribution in [2.24, 2.45) is 0 Å². The fraction of sp³-hybridized carbons (Fsp3) is 0.214. The summed E-state index contributed by atoms with van der Waals surface area (Å²) in [5.41, 5.74) is 0.899. The van der Waals surface area contributed by atoms with Crippen LogP contribution in [0.15, 0.2) is 42.6 Å². The number of methoxy groups -OCH3 is 1. The van der Waals surface area contributed by atoms with E-state index < -0.39 is 0 Å². The van der Waals surface area contributed by atoms with Gasteiger partial charge < -0.3 is 10.1 Å². The summed E-state index contributed by atoms with van der Waals surface area (Å²) in [6, 6.07) is 9.89. The Labute approximate surface area is 127 Å². The molecule has 1 atom stereocenters. The van der Waals surface area contributed by atoms with Gasteiger partial charge in [0.1, 0.15) is 0 Å². The number of nitrogens with zero attached hydrogens (tertiary/aromatic N) is 2. The Hall–Kier alpha value is -2.18. The zero-order valence-electron chi connectivity index (χ0n) is 11.4. The molecule has 0 saturated heterocycles. The summed E-state index contributed by atoms with van der Waals surface area (Å²) in [7, 11) is 1.57. The van der Waals surface area contributed by atoms with Gasteiger partial charge in [-0.15, -0.1) is 5.10 Å². The molecule has 1 aromatic heterocycles. The van der Waals surface area contributed by atoms with E-state index in [0.29, 0.717) is 17.4 Å². The van der Waals surface area contributed by atoms with Crippen LogP contribution in [0.25, 0.3) is 0 Å². The number of benzene rings is 1. The molecule has 0 aliphatic carbocycles. The van der Waals surface area contributed by atoms with Gasteiger partial charge in [0.15, 0.2) is 5.82 Å². The minimum absolute atomic E-state index is 0.288. The van der Waals surface area contributed by atoms with Crippen molar-refractivity contribution in [2.75, 3.05) is 19.0 Å². The molecular weight excluding hydrogens is 292 g/mol. The van der Waals surface area contributed by atoms with Gasteiger partial charge in [0.2, 0.25) is 0 Å². The fourth-order valence-electron chi connectivity index (χ4n) is 1.76. The van der Waals surface area contributed by atoms with Crippen LogP contribution < -0.4 is 10.6 Å². The first-order valence-corrected chi connectivity index (χ1v) is 6.66. The van der Waals surface area contributed by atoms with E-state index >= 15 is 0 Å². The highest BCUT2D eigenvalue weighted by atomic mass is 35.5. The van der Waals surface area contributed by atoms with Crippen LogP contribution in [0.4, 0.5) is 10.6 Å². The number of aromatic nitrogens is 2. The van der Waals surface area contributed by atoms with Gasteiger partial charge in [0.25, 0.3) is 0 Å². The van der Waals surface area contributed by atoms with E-state index in [-0.39, 0.29) is 12.1 Å². The lowest BCUT2D eigenvalue weighted by Gasteiger charge is -2.18. The number of halogens is 1. The van der Waals surface area contributed by atoms with Crippen LogP contribution in [0.2, 0.25) is 5.02 Å². The summed E-state index contributed by atoms with van der Waals surface area (Å²) in [5.74, 6) is 0.377. The predicted octanol–water partition coefficient (Wildman–Crippen LogP) is 2.64. The molecule has 1 heterocycles. The molecule has 2 amide bonds. The number of rotatable bonds is 5. The van der Waals surface area contributed by atoms with E-state index in [2.05, 4.69) is 20.8 Å². The number of ether oxygens (including phenoxy) is 1. The molecule has 2 N–H and O–H groups in total. The summed E-state index contributed by atoms with van der Waals surface area (Å²) in [6.45, 7) is 0.343. The first kappa shape index (κ1) is 15.2. The Morgan fingerprint density at radius 3 is 2.71 bits per heavy atom. The van der Waals surface area contributed by atoms with Gasteiger partial charge in [-0.2, -0.15) is 5.10 Å².